The standard InChI is InChI=1S/C22H26N2O6S/c1-16-14-19(15-21(25)29-16)30-18-8-12-23(13-9-18)22(26)17-4-6-20(7-5-17)31(27,28)24-10-2-3-11-24/h4-7,14-15,18H,2-3,8-13H2,1H3. The zero-order chi connectivity index (χ0) is 22.0. The monoisotopic (exact) mass is 446 g/mol. The Balaban J connectivity index is 1.35. The van der Waals surface area contributed by atoms with Crippen LogP contribution < -0.4 is 10.4 Å². The number of sulfonamides is 1. The molecule has 1 amide bonds. The number of carbonyl (C=O) groups excluding carboxylic acids is 1. The summed E-state index contributed by atoms with van der Waals surface area (Å²) in [4.78, 5) is 26.3. The highest BCUT2D eigenvalue weighted by atomic mass is 32.2. The Hall–Kier alpha value is -2.65. The molecule has 31 heavy (non-hydrogen) atoms. The summed E-state index contributed by atoms with van der Waals surface area (Å²) in [6.07, 6.45) is 2.97. The number of nitrogens with zero attached hydrogens (tertiary/aromatic N) is 2. The van der Waals surface area contributed by atoms with Crippen LogP contribution in [0.2, 0.25) is 0 Å². The van der Waals surface area contributed by atoms with E-state index < -0.39 is 15.6 Å². The molecule has 0 aliphatic carbocycles. The summed E-state index contributed by atoms with van der Waals surface area (Å²) in [7, 11) is -3.49. The van der Waals surface area contributed by atoms with Crippen molar-refractivity contribution in [1.29, 1.82) is 0 Å². The first-order chi connectivity index (χ1) is 14.8. The highest BCUT2D eigenvalue weighted by Gasteiger charge is 2.28. The van der Waals surface area contributed by atoms with Crippen LogP contribution in [0.4, 0.5) is 0 Å². The van der Waals surface area contributed by atoms with Crippen LogP contribution in [0.25, 0.3) is 0 Å². The number of hydrogen-bond acceptors (Lipinski definition) is 6. The Bertz CT molecular complexity index is 1100. The molecular formula is C22H26N2O6S. The number of ether oxygens (including phenoxy) is 1. The van der Waals surface area contributed by atoms with Crippen LogP contribution in [0.15, 0.2) is 50.5 Å². The van der Waals surface area contributed by atoms with E-state index in [2.05, 4.69) is 0 Å². The van der Waals surface area contributed by atoms with Crippen molar-refractivity contribution in [1.82, 2.24) is 9.21 Å². The van der Waals surface area contributed by atoms with Crippen molar-refractivity contribution in [3.05, 3.63) is 58.1 Å². The van der Waals surface area contributed by atoms with Gasteiger partial charge in [-0.05, 0) is 44.0 Å². The maximum atomic E-state index is 12.8. The van der Waals surface area contributed by atoms with Crippen molar-refractivity contribution in [2.45, 2.75) is 43.6 Å². The summed E-state index contributed by atoms with van der Waals surface area (Å²) in [6, 6.07) is 9.19. The van der Waals surface area contributed by atoms with Crippen molar-refractivity contribution < 1.29 is 22.4 Å². The Morgan fingerprint density at radius 2 is 1.68 bits per heavy atom. The molecule has 166 valence electrons. The second-order valence-electron chi connectivity index (χ2n) is 7.97. The first-order valence-corrected chi connectivity index (χ1v) is 11.9. The predicted octanol–water partition coefficient (Wildman–Crippen LogP) is 2.42. The molecular weight excluding hydrogens is 420 g/mol. The van der Waals surface area contributed by atoms with Gasteiger partial charge < -0.3 is 14.1 Å². The van der Waals surface area contributed by atoms with E-state index in [4.69, 9.17) is 9.15 Å². The van der Waals surface area contributed by atoms with E-state index in [1.807, 2.05) is 0 Å². The number of rotatable bonds is 5. The van der Waals surface area contributed by atoms with Crippen molar-refractivity contribution in [3.63, 3.8) is 0 Å². The van der Waals surface area contributed by atoms with Gasteiger partial charge in [0, 0.05) is 50.7 Å². The third kappa shape index (κ3) is 4.83. The maximum absolute atomic E-state index is 12.8. The van der Waals surface area contributed by atoms with Gasteiger partial charge in [-0.2, -0.15) is 4.31 Å². The summed E-state index contributed by atoms with van der Waals surface area (Å²) in [5.74, 6) is 0.846. The molecule has 2 fully saturated rings. The van der Waals surface area contributed by atoms with Crippen LogP contribution in [0, 0.1) is 6.92 Å². The number of carbonyl (C=O) groups is 1. The molecule has 4 rings (SSSR count). The third-order valence-corrected chi connectivity index (χ3v) is 7.62. The van der Waals surface area contributed by atoms with Crippen molar-refractivity contribution in [3.8, 4) is 5.75 Å². The number of likely N-dealkylation sites (tertiary alicyclic amines) is 1. The second-order valence-corrected chi connectivity index (χ2v) is 9.91. The van der Waals surface area contributed by atoms with Crippen LogP contribution in [-0.4, -0.2) is 55.8 Å². The molecule has 2 aliphatic rings. The molecule has 2 aromatic rings. The third-order valence-electron chi connectivity index (χ3n) is 5.70. The lowest BCUT2D eigenvalue weighted by atomic mass is 10.1. The molecule has 2 aliphatic heterocycles. The van der Waals surface area contributed by atoms with Gasteiger partial charge in [0.15, 0.2) is 0 Å². The molecule has 3 heterocycles. The van der Waals surface area contributed by atoms with Crippen LogP contribution in [0.3, 0.4) is 0 Å². The van der Waals surface area contributed by atoms with Gasteiger partial charge in [-0.1, -0.05) is 0 Å². The molecule has 0 N–H and O–H groups in total. The quantitative estimate of drug-likeness (QED) is 0.700. The van der Waals surface area contributed by atoms with Gasteiger partial charge in [-0.25, -0.2) is 13.2 Å². The first kappa shape index (κ1) is 21.6. The number of amides is 1. The van der Waals surface area contributed by atoms with Gasteiger partial charge in [0.2, 0.25) is 10.0 Å². The first-order valence-electron chi connectivity index (χ1n) is 10.5. The highest BCUT2D eigenvalue weighted by Crippen LogP contribution is 2.23. The van der Waals surface area contributed by atoms with E-state index in [-0.39, 0.29) is 16.9 Å². The van der Waals surface area contributed by atoms with E-state index in [9.17, 15) is 18.0 Å². The van der Waals surface area contributed by atoms with Crippen molar-refractivity contribution in [2.24, 2.45) is 0 Å². The van der Waals surface area contributed by atoms with Crippen LogP contribution in [-0.2, 0) is 10.0 Å². The van der Waals surface area contributed by atoms with Gasteiger partial charge >= 0.3 is 5.63 Å². The smallest absolute Gasteiger partial charge is 0.339 e. The van der Waals surface area contributed by atoms with Gasteiger partial charge in [-0.3, -0.25) is 4.79 Å². The highest BCUT2D eigenvalue weighted by molar-refractivity contribution is 7.89. The van der Waals surface area contributed by atoms with Crippen LogP contribution >= 0.6 is 0 Å². The van der Waals surface area contributed by atoms with E-state index in [1.54, 1.807) is 30.0 Å². The summed E-state index contributed by atoms with van der Waals surface area (Å²) in [5, 5.41) is 0. The Morgan fingerprint density at radius 3 is 2.29 bits per heavy atom. The molecule has 0 radical (unpaired) electrons. The fourth-order valence-electron chi connectivity index (χ4n) is 4.04. The van der Waals surface area contributed by atoms with Gasteiger partial charge in [0.1, 0.15) is 17.6 Å². The molecule has 0 atom stereocenters. The van der Waals surface area contributed by atoms with E-state index in [0.29, 0.717) is 56.1 Å². The molecule has 8 nitrogen and oxygen atoms in total. The number of benzene rings is 1. The van der Waals surface area contributed by atoms with E-state index >= 15 is 0 Å². The molecule has 0 unspecified atom stereocenters. The summed E-state index contributed by atoms with van der Waals surface area (Å²) in [5.41, 5.74) is 0.0221. The Kier molecular flexibility index (Phi) is 6.15. The number of piperidine rings is 1. The van der Waals surface area contributed by atoms with Gasteiger partial charge in [0.05, 0.1) is 11.0 Å². The van der Waals surface area contributed by atoms with E-state index in [0.717, 1.165) is 12.8 Å². The minimum Gasteiger partial charge on any atom is -0.490 e. The lowest BCUT2D eigenvalue weighted by Gasteiger charge is -2.32. The predicted molar refractivity (Wildman–Crippen MR) is 114 cm³/mol. The molecule has 0 saturated carbocycles. The van der Waals surface area contributed by atoms with Crippen LogP contribution in [0.1, 0.15) is 41.8 Å². The van der Waals surface area contributed by atoms with Gasteiger partial charge in [-0.15, -0.1) is 0 Å². The lowest BCUT2D eigenvalue weighted by molar-refractivity contribution is 0.0594. The summed E-state index contributed by atoms with van der Waals surface area (Å²) >= 11 is 0. The summed E-state index contributed by atoms with van der Waals surface area (Å²) in [6.45, 7) is 3.84. The number of hydrogen-bond donors (Lipinski definition) is 0. The molecule has 0 spiro atoms. The van der Waals surface area contributed by atoms with E-state index in [1.165, 1.54) is 22.5 Å². The Morgan fingerprint density at radius 1 is 1.03 bits per heavy atom. The fraction of sp³-hybridized carbons (Fsp3) is 0.455. The minimum absolute atomic E-state index is 0.0850. The molecule has 9 heteroatoms. The van der Waals surface area contributed by atoms with Gasteiger partial charge in [0.25, 0.3) is 5.91 Å². The second kappa shape index (κ2) is 8.84. The summed E-state index contributed by atoms with van der Waals surface area (Å²) < 4.78 is 37.6. The topological polar surface area (TPSA) is 97.1 Å². The SMILES string of the molecule is Cc1cc(OC2CCN(C(=O)c3ccc(S(=O)(=O)N4CCCC4)cc3)CC2)cc(=O)o1. The Labute approximate surface area is 181 Å². The molecule has 1 aromatic heterocycles. The average Bonchev–Trinajstić information content (AvgIpc) is 3.29. The maximum Gasteiger partial charge on any atom is 0.339 e. The average molecular weight is 447 g/mol. The normalized spacial score (nSPS) is 18.3. The molecule has 0 bridgehead atoms. The zero-order valence-corrected chi connectivity index (χ0v) is 18.3. The van der Waals surface area contributed by atoms with Crippen LogP contribution in [0.5, 0.6) is 5.75 Å². The largest absolute Gasteiger partial charge is 0.490 e. The fourth-order valence-corrected chi connectivity index (χ4v) is 5.56. The molecule has 1 aromatic carbocycles. The van der Waals surface area contributed by atoms with Crippen molar-refractivity contribution in [2.75, 3.05) is 26.2 Å². The number of aryl methyl sites for hydroxylation is 1. The lowest BCUT2D eigenvalue weighted by Crippen LogP contribution is -2.41. The molecule has 2 saturated heterocycles. The van der Waals surface area contributed by atoms with Crippen molar-refractivity contribution >= 4 is 15.9 Å². The minimum atomic E-state index is -3.49. The zero-order valence-electron chi connectivity index (χ0n) is 17.5.